The van der Waals surface area contributed by atoms with E-state index in [4.69, 9.17) is 0 Å². The summed E-state index contributed by atoms with van der Waals surface area (Å²) < 4.78 is 1.16. The number of H-pyrrole nitrogens is 2. The van der Waals surface area contributed by atoms with E-state index in [1.165, 1.54) is 0 Å². The predicted molar refractivity (Wildman–Crippen MR) is 97.9 cm³/mol. The molecular formula is C18H21N3OS. The number of hydrogen-bond acceptors (Lipinski definition) is 3. The summed E-state index contributed by atoms with van der Waals surface area (Å²) in [6.07, 6.45) is 0. The molecule has 0 aliphatic rings. The number of nitrogens with zero attached hydrogens (tertiary/aromatic N) is 1. The zero-order chi connectivity index (χ0) is 16.6. The van der Waals surface area contributed by atoms with Crippen molar-refractivity contribution in [2.75, 3.05) is 0 Å². The topological polar surface area (TPSA) is 64.7 Å². The predicted octanol–water partition coefficient (Wildman–Crippen LogP) is 5.03. The van der Waals surface area contributed by atoms with Crippen molar-refractivity contribution >= 4 is 32.5 Å². The minimum Gasteiger partial charge on any atom is -0.386 e. The Labute approximate surface area is 139 Å². The van der Waals surface area contributed by atoms with Gasteiger partial charge in [-0.1, -0.05) is 26.0 Å². The Balaban J connectivity index is 0.000000753. The maximum atomic E-state index is 10.1. The molecule has 0 radical (unpaired) electrons. The molecule has 5 heteroatoms. The van der Waals surface area contributed by atoms with Gasteiger partial charge in [-0.3, -0.25) is 5.10 Å². The van der Waals surface area contributed by atoms with Gasteiger partial charge in [-0.2, -0.15) is 5.10 Å². The summed E-state index contributed by atoms with van der Waals surface area (Å²) >= 11 is 1.68. The first-order chi connectivity index (χ1) is 11.0. The van der Waals surface area contributed by atoms with Gasteiger partial charge in [0.1, 0.15) is 5.69 Å². The summed E-state index contributed by atoms with van der Waals surface area (Å²) in [5, 5.41) is 20.7. The number of hydrogen-bond donors (Lipinski definition) is 3. The molecule has 3 N–H and O–H groups in total. The quantitative estimate of drug-likeness (QED) is 0.483. The molecule has 23 heavy (non-hydrogen) atoms. The van der Waals surface area contributed by atoms with E-state index < -0.39 is 5.60 Å². The van der Waals surface area contributed by atoms with E-state index in [0.29, 0.717) is 0 Å². The lowest BCUT2D eigenvalue weighted by molar-refractivity contribution is 0.0787. The van der Waals surface area contributed by atoms with Gasteiger partial charge in [-0.25, -0.2) is 0 Å². The highest BCUT2D eigenvalue weighted by Gasteiger charge is 2.17. The maximum absolute atomic E-state index is 10.1. The number of benzene rings is 1. The molecule has 1 aromatic carbocycles. The summed E-state index contributed by atoms with van der Waals surface area (Å²) in [6, 6.07) is 10.1. The van der Waals surface area contributed by atoms with Crippen molar-refractivity contribution in [3.05, 3.63) is 41.3 Å². The van der Waals surface area contributed by atoms with Crippen molar-refractivity contribution in [1.82, 2.24) is 15.2 Å². The van der Waals surface area contributed by atoms with Crippen molar-refractivity contribution in [2.24, 2.45) is 0 Å². The van der Waals surface area contributed by atoms with Crippen LogP contribution in [0, 0.1) is 0 Å². The molecule has 0 bridgehead atoms. The summed E-state index contributed by atoms with van der Waals surface area (Å²) in [5.41, 5.74) is 4.06. The van der Waals surface area contributed by atoms with E-state index >= 15 is 0 Å². The van der Waals surface area contributed by atoms with E-state index in [1.807, 2.05) is 38.1 Å². The Morgan fingerprint density at radius 1 is 1.09 bits per heavy atom. The molecule has 0 amide bonds. The second-order valence-electron chi connectivity index (χ2n) is 5.78. The van der Waals surface area contributed by atoms with E-state index in [9.17, 15) is 5.11 Å². The molecule has 0 saturated heterocycles. The number of fused-ring (bicyclic) bond motifs is 2. The van der Waals surface area contributed by atoms with Gasteiger partial charge in [0.25, 0.3) is 0 Å². The highest BCUT2D eigenvalue weighted by molar-refractivity contribution is 7.17. The molecule has 0 fully saturated rings. The number of aromatic nitrogens is 3. The van der Waals surface area contributed by atoms with Crippen LogP contribution >= 0.6 is 11.3 Å². The summed E-state index contributed by atoms with van der Waals surface area (Å²) in [7, 11) is 0. The summed E-state index contributed by atoms with van der Waals surface area (Å²) in [6.45, 7) is 7.59. The molecule has 4 aromatic rings. The molecule has 4 nitrogen and oxygen atoms in total. The Bertz CT molecular complexity index is 940. The van der Waals surface area contributed by atoms with E-state index in [1.54, 1.807) is 25.2 Å². The summed E-state index contributed by atoms with van der Waals surface area (Å²) in [4.78, 5) is 3.41. The largest absolute Gasteiger partial charge is 0.386 e. The van der Waals surface area contributed by atoms with Crippen LogP contribution in [0.1, 0.15) is 33.3 Å². The first kappa shape index (κ1) is 15.8. The van der Waals surface area contributed by atoms with Crippen LogP contribution in [-0.2, 0) is 5.60 Å². The van der Waals surface area contributed by atoms with Crippen molar-refractivity contribution in [3.63, 3.8) is 0 Å². The van der Waals surface area contributed by atoms with Crippen LogP contribution in [0.4, 0.5) is 0 Å². The van der Waals surface area contributed by atoms with Gasteiger partial charge in [0, 0.05) is 10.9 Å². The zero-order valence-electron chi connectivity index (χ0n) is 13.8. The van der Waals surface area contributed by atoms with Gasteiger partial charge in [0.15, 0.2) is 0 Å². The summed E-state index contributed by atoms with van der Waals surface area (Å²) in [5.74, 6) is 0. The van der Waals surface area contributed by atoms with Crippen LogP contribution in [0.5, 0.6) is 0 Å². The fourth-order valence-corrected chi connectivity index (χ4v) is 3.41. The van der Waals surface area contributed by atoms with Crippen LogP contribution < -0.4 is 0 Å². The van der Waals surface area contributed by atoms with Crippen LogP contribution in [0.3, 0.4) is 0 Å². The number of rotatable bonds is 2. The fourth-order valence-electron chi connectivity index (χ4n) is 2.57. The number of thiophene rings is 1. The van der Waals surface area contributed by atoms with Crippen molar-refractivity contribution in [2.45, 2.75) is 33.3 Å². The molecule has 0 unspecified atom stereocenters. The average molecular weight is 327 g/mol. The van der Waals surface area contributed by atoms with Gasteiger partial charge in [-0.15, -0.1) is 11.3 Å². The molecule has 3 aromatic heterocycles. The molecule has 0 spiro atoms. The van der Waals surface area contributed by atoms with E-state index in [0.717, 1.165) is 38.1 Å². The third-order valence-electron chi connectivity index (χ3n) is 3.75. The van der Waals surface area contributed by atoms with Gasteiger partial charge in [0.05, 0.1) is 21.5 Å². The highest BCUT2D eigenvalue weighted by atomic mass is 32.1. The Morgan fingerprint density at radius 3 is 2.61 bits per heavy atom. The molecule has 3 heterocycles. The Hall–Kier alpha value is -2.11. The minimum absolute atomic E-state index is 0.840. The molecule has 0 atom stereocenters. The van der Waals surface area contributed by atoms with Crippen LogP contribution in [0.2, 0.25) is 0 Å². The lowest BCUT2D eigenvalue weighted by Crippen LogP contribution is -2.14. The third kappa shape index (κ3) is 2.78. The van der Waals surface area contributed by atoms with Crippen molar-refractivity contribution in [3.8, 4) is 11.4 Å². The number of aromatic amines is 2. The van der Waals surface area contributed by atoms with E-state index in [-0.39, 0.29) is 0 Å². The molecule has 4 rings (SSSR count). The second-order valence-corrected chi connectivity index (χ2v) is 6.70. The highest BCUT2D eigenvalue weighted by Crippen LogP contribution is 2.32. The van der Waals surface area contributed by atoms with Crippen molar-refractivity contribution in [1.29, 1.82) is 0 Å². The lowest BCUT2D eigenvalue weighted by Gasteiger charge is -2.17. The third-order valence-corrected chi connectivity index (χ3v) is 4.67. The van der Waals surface area contributed by atoms with E-state index in [2.05, 4.69) is 26.6 Å². The van der Waals surface area contributed by atoms with Crippen LogP contribution in [-0.4, -0.2) is 20.3 Å². The molecule has 0 saturated carbocycles. The first-order valence-electron chi connectivity index (χ1n) is 7.80. The maximum Gasteiger partial charge on any atom is 0.126 e. The monoisotopic (exact) mass is 327 g/mol. The van der Waals surface area contributed by atoms with Gasteiger partial charge < -0.3 is 10.1 Å². The second kappa shape index (κ2) is 5.83. The minimum atomic E-state index is -0.840. The molecule has 0 aliphatic carbocycles. The molecular weight excluding hydrogens is 306 g/mol. The Morgan fingerprint density at radius 2 is 1.87 bits per heavy atom. The number of nitrogens with one attached hydrogen (secondary N) is 2. The molecule has 0 aliphatic heterocycles. The lowest BCUT2D eigenvalue weighted by atomic mass is 9.98. The smallest absolute Gasteiger partial charge is 0.126 e. The van der Waals surface area contributed by atoms with Crippen LogP contribution in [0.15, 0.2) is 35.7 Å². The van der Waals surface area contributed by atoms with Crippen LogP contribution in [0.25, 0.3) is 32.5 Å². The Kier molecular flexibility index (Phi) is 4.00. The van der Waals surface area contributed by atoms with Crippen molar-refractivity contribution < 1.29 is 5.11 Å². The first-order valence-corrected chi connectivity index (χ1v) is 8.68. The number of aliphatic hydroxyl groups is 1. The van der Waals surface area contributed by atoms with Gasteiger partial charge in [0.2, 0.25) is 0 Å². The normalized spacial score (nSPS) is 11.7. The molecule has 120 valence electrons. The zero-order valence-corrected chi connectivity index (χ0v) is 14.6. The average Bonchev–Trinajstić information content (AvgIpc) is 3.21. The van der Waals surface area contributed by atoms with Gasteiger partial charge >= 0.3 is 0 Å². The fraction of sp³-hybridized carbons (Fsp3) is 0.278. The van der Waals surface area contributed by atoms with Gasteiger partial charge in [-0.05, 0) is 43.0 Å². The SMILES string of the molecule is CC.CC(C)(O)c1ccc2cc(-c3n[nH]c4ccsc34)[nH]c2c1. The standard InChI is InChI=1S/C16H15N3OS.C2H6/c1-16(2,20)10-4-3-9-7-13(17-12(9)8-10)14-15-11(18-19-14)5-6-21-15;1-2/h3-8,17,20H,1-2H3,(H,18,19);1-2H3.